The van der Waals surface area contributed by atoms with Gasteiger partial charge in [-0.25, -0.2) is 4.79 Å². The molecule has 0 aliphatic carbocycles. The third kappa shape index (κ3) is 1.56. The number of rotatable bonds is 2. The minimum absolute atomic E-state index is 0.0934. The molecule has 0 amide bonds. The van der Waals surface area contributed by atoms with Gasteiger partial charge < -0.3 is 25.7 Å². The van der Waals surface area contributed by atoms with Gasteiger partial charge in [0.05, 0.1) is 18.2 Å². The number of carboxylic acid groups (broad SMARTS) is 1. The molecule has 1 aliphatic rings. The Hall–Kier alpha value is -0.690. The lowest BCUT2D eigenvalue weighted by Gasteiger charge is -2.18. The molecule has 1 fully saturated rings. The van der Waals surface area contributed by atoms with E-state index in [2.05, 4.69) is 5.32 Å². The first-order valence-electron chi connectivity index (χ1n) is 3.54. The minimum Gasteiger partial charge on any atom is -0.479 e. The highest BCUT2D eigenvalue weighted by atomic mass is 16.4. The number of aliphatic hydroxyl groups is 3. The third-order valence-corrected chi connectivity index (χ3v) is 1.92. The van der Waals surface area contributed by atoms with E-state index in [-0.39, 0.29) is 6.54 Å². The van der Waals surface area contributed by atoms with E-state index in [9.17, 15) is 4.79 Å². The number of β-amino-alcohol motifs (C(OH)–C–C–N with tert-alkyl or cyclic N) is 1. The molecule has 12 heavy (non-hydrogen) atoms. The Balaban J connectivity index is 2.59. The zero-order chi connectivity index (χ0) is 9.30. The maximum absolute atomic E-state index is 10.3. The Morgan fingerprint density at radius 1 is 1.50 bits per heavy atom. The predicted octanol–water partition coefficient (Wildman–Crippen LogP) is -2.87. The lowest BCUT2D eigenvalue weighted by atomic mass is 10.1. The van der Waals surface area contributed by atoms with Crippen molar-refractivity contribution in [2.75, 3.05) is 6.54 Å². The molecule has 0 radical (unpaired) electrons. The average Bonchev–Trinajstić information content (AvgIpc) is 2.32. The van der Waals surface area contributed by atoms with Crippen molar-refractivity contribution in [3.8, 4) is 0 Å². The summed E-state index contributed by atoms with van der Waals surface area (Å²) < 4.78 is 0. The van der Waals surface area contributed by atoms with Crippen LogP contribution in [-0.2, 0) is 4.79 Å². The van der Waals surface area contributed by atoms with E-state index in [4.69, 9.17) is 20.4 Å². The standard InChI is InChI=1S/C6H11NO5/c8-2-1-7-3(4(2)9)5(10)6(11)12/h2-5,7-10H,1H2,(H,11,12)/t2-,3+,4-,5?/m0/s1. The lowest BCUT2D eigenvalue weighted by Crippen LogP contribution is -2.47. The number of aliphatic carboxylic acids is 1. The molecule has 1 aliphatic heterocycles. The molecule has 5 N–H and O–H groups in total. The number of hydrogen-bond acceptors (Lipinski definition) is 5. The second-order valence-electron chi connectivity index (χ2n) is 2.78. The van der Waals surface area contributed by atoms with Gasteiger partial charge in [-0.15, -0.1) is 0 Å². The van der Waals surface area contributed by atoms with Crippen molar-refractivity contribution in [2.24, 2.45) is 0 Å². The summed E-state index contributed by atoms with van der Waals surface area (Å²) in [5.41, 5.74) is 0. The van der Waals surface area contributed by atoms with Crippen molar-refractivity contribution in [1.82, 2.24) is 5.32 Å². The predicted molar refractivity (Wildman–Crippen MR) is 37.4 cm³/mol. The normalized spacial score (nSPS) is 38.1. The van der Waals surface area contributed by atoms with Crippen LogP contribution in [0.4, 0.5) is 0 Å². The van der Waals surface area contributed by atoms with E-state index in [1.807, 2.05) is 0 Å². The summed E-state index contributed by atoms with van der Waals surface area (Å²) in [5, 5.41) is 38.0. The van der Waals surface area contributed by atoms with Gasteiger partial charge in [-0.3, -0.25) is 0 Å². The van der Waals surface area contributed by atoms with Crippen LogP contribution < -0.4 is 5.32 Å². The average molecular weight is 177 g/mol. The number of carbonyl (C=O) groups is 1. The Morgan fingerprint density at radius 2 is 2.08 bits per heavy atom. The first-order valence-corrected chi connectivity index (χ1v) is 3.54. The fraction of sp³-hybridized carbons (Fsp3) is 0.833. The van der Waals surface area contributed by atoms with Crippen LogP contribution in [0.1, 0.15) is 0 Å². The summed E-state index contributed by atoms with van der Waals surface area (Å²) in [6, 6.07) is -0.988. The van der Waals surface area contributed by atoms with Gasteiger partial charge in [0.2, 0.25) is 0 Å². The van der Waals surface area contributed by atoms with Crippen LogP contribution in [0.15, 0.2) is 0 Å². The molecule has 4 atom stereocenters. The van der Waals surface area contributed by atoms with Crippen molar-refractivity contribution in [1.29, 1.82) is 0 Å². The van der Waals surface area contributed by atoms with E-state index in [1.54, 1.807) is 0 Å². The van der Waals surface area contributed by atoms with E-state index in [0.29, 0.717) is 0 Å². The maximum atomic E-state index is 10.3. The van der Waals surface area contributed by atoms with Gasteiger partial charge in [0.1, 0.15) is 0 Å². The fourth-order valence-electron chi connectivity index (χ4n) is 1.19. The summed E-state index contributed by atoms with van der Waals surface area (Å²) >= 11 is 0. The summed E-state index contributed by atoms with van der Waals surface area (Å²) in [7, 11) is 0. The Labute approximate surface area is 68.4 Å². The summed E-state index contributed by atoms with van der Waals surface area (Å²) in [4.78, 5) is 10.3. The van der Waals surface area contributed by atoms with Gasteiger partial charge in [0.15, 0.2) is 6.10 Å². The van der Waals surface area contributed by atoms with Crippen LogP contribution in [0.5, 0.6) is 0 Å². The van der Waals surface area contributed by atoms with Crippen molar-refractivity contribution >= 4 is 5.97 Å². The van der Waals surface area contributed by atoms with Crippen LogP contribution in [-0.4, -0.2) is 57.3 Å². The topological polar surface area (TPSA) is 110 Å². The van der Waals surface area contributed by atoms with Crippen LogP contribution >= 0.6 is 0 Å². The molecule has 0 spiro atoms. The molecule has 1 heterocycles. The summed E-state index contributed by atoms with van der Waals surface area (Å²) in [5.74, 6) is -1.42. The highest BCUT2D eigenvalue weighted by Gasteiger charge is 2.40. The molecule has 6 heteroatoms. The van der Waals surface area contributed by atoms with Gasteiger partial charge in [-0.2, -0.15) is 0 Å². The number of nitrogens with one attached hydrogen (secondary N) is 1. The molecule has 0 bridgehead atoms. The first-order chi connectivity index (χ1) is 5.54. The van der Waals surface area contributed by atoms with E-state index in [0.717, 1.165) is 0 Å². The first kappa shape index (κ1) is 9.40. The molecular weight excluding hydrogens is 166 g/mol. The molecule has 0 aromatic carbocycles. The zero-order valence-electron chi connectivity index (χ0n) is 6.21. The molecule has 70 valence electrons. The molecule has 0 aromatic rings. The van der Waals surface area contributed by atoms with Crippen molar-refractivity contribution in [3.63, 3.8) is 0 Å². The fourth-order valence-corrected chi connectivity index (χ4v) is 1.19. The molecular formula is C6H11NO5. The van der Waals surface area contributed by atoms with Gasteiger partial charge in [-0.1, -0.05) is 0 Å². The number of carboxylic acids is 1. The van der Waals surface area contributed by atoms with E-state index >= 15 is 0 Å². The zero-order valence-corrected chi connectivity index (χ0v) is 6.21. The highest BCUT2D eigenvalue weighted by molar-refractivity contribution is 5.73. The van der Waals surface area contributed by atoms with Crippen LogP contribution in [0, 0.1) is 0 Å². The summed E-state index contributed by atoms with van der Waals surface area (Å²) in [6.07, 6.45) is -3.92. The van der Waals surface area contributed by atoms with Crippen LogP contribution in [0.25, 0.3) is 0 Å². The van der Waals surface area contributed by atoms with Crippen molar-refractivity contribution in [3.05, 3.63) is 0 Å². The molecule has 1 unspecified atom stereocenters. The Morgan fingerprint density at radius 3 is 2.42 bits per heavy atom. The molecule has 6 nitrogen and oxygen atoms in total. The van der Waals surface area contributed by atoms with Gasteiger partial charge in [0.25, 0.3) is 0 Å². The van der Waals surface area contributed by atoms with Gasteiger partial charge in [0, 0.05) is 6.54 Å². The second kappa shape index (κ2) is 3.36. The van der Waals surface area contributed by atoms with Crippen LogP contribution in [0.3, 0.4) is 0 Å². The number of aliphatic hydroxyl groups excluding tert-OH is 3. The summed E-state index contributed by atoms with van der Waals surface area (Å²) in [6.45, 7) is 0.0934. The molecule has 0 saturated carbocycles. The smallest absolute Gasteiger partial charge is 0.334 e. The lowest BCUT2D eigenvalue weighted by molar-refractivity contribution is -0.149. The number of hydrogen-bond donors (Lipinski definition) is 5. The molecule has 1 rings (SSSR count). The monoisotopic (exact) mass is 177 g/mol. The third-order valence-electron chi connectivity index (χ3n) is 1.92. The van der Waals surface area contributed by atoms with Gasteiger partial charge >= 0.3 is 5.97 Å². The SMILES string of the molecule is O=C(O)C(O)[C@@H]1NC[C@H](O)[C@@H]1O. The van der Waals surface area contributed by atoms with Crippen molar-refractivity contribution in [2.45, 2.75) is 24.4 Å². The highest BCUT2D eigenvalue weighted by Crippen LogP contribution is 2.11. The Bertz CT molecular complexity index is 185. The van der Waals surface area contributed by atoms with Crippen molar-refractivity contribution < 1.29 is 25.2 Å². The minimum atomic E-state index is -1.68. The second-order valence-corrected chi connectivity index (χ2v) is 2.78. The van der Waals surface area contributed by atoms with E-state index < -0.39 is 30.3 Å². The molecule has 1 saturated heterocycles. The molecule has 0 aromatic heterocycles. The Kier molecular flexibility index (Phi) is 2.63. The largest absolute Gasteiger partial charge is 0.479 e. The van der Waals surface area contributed by atoms with E-state index in [1.165, 1.54) is 0 Å². The maximum Gasteiger partial charge on any atom is 0.334 e. The quantitative estimate of drug-likeness (QED) is 0.310. The van der Waals surface area contributed by atoms with Gasteiger partial charge in [-0.05, 0) is 0 Å². The van der Waals surface area contributed by atoms with Crippen LogP contribution in [0.2, 0.25) is 0 Å².